The third-order valence-corrected chi connectivity index (χ3v) is 6.03. The number of rotatable bonds is 16. The molecule has 0 saturated heterocycles. The zero-order valence-electron chi connectivity index (χ0n) is 27.7. The Morgan fingerprint density at radius 1 is 0.472 bits per heavy atom. The van der Waals surface area contributed by atoms with Crippen molar-refractivity contribution in [1.29, 1.82) is 0 Å². The number of carbonyl (C=O) groups is 8. The third kappa shape index (κ3) is 14.0. The normalized spacial score (nSPS) is 10.4. The van der Waals surface area contributed by atoms with Crippen molar-refractivity contribution >= 4 is 47.8 Å². The van der Waals surface area contributed by atoms with Gasteiger partial charge < -0.3 is 37.9 Å². The Balaban J connectivity index is 1.47. The molecule has 0 N–H and O–H groups in total. The van der Waals surface area contributed by atoms with Crippen LogP contribution in [0.3, 0.4) is 0 Å². The van der Waals surface area contributed by atoms with Crippen molar-refractivity contribution in [3.05, 3.63) is 133 Å². The van der Waals surface area contributed by atoms with Crippen LogP contribution < -0.4 is 18.9 Å². The molecule has 3 aromatic carbocycles. The molecule has 0 fully saturated rings. The van der Waals surface area contributed by atoms with Crippen LogP contribution in [0.25, 0.3) is 0 Å². The maximum Gasteiger partial charge on any atom is 0.343 e. The molecule has 0 aromatic heterocycles. The summed E-state index contributed by atoms with van der Waals surface area (Å²) in [6.45, 7) is 6.65. The predicted molar refractivity (Wildman–Crippen MR) is 178 cm³/mol. The molecule has 0 heterocycles. The molecule has 3 rings (SSSR count). The van der Waals surface area contributed by atoms with Crippen LogP contribution >= 0.6 is 0 Å². The summed E-state index contributed by atoms with van der Waals surface area (Å²) >= 11 is 0. The Kier molecular flexibility index (Phi) is 15.1. The quantitative estimate of drug-likeness (QED) is 0.0888. The van der Waals surface area contributed by atoms with Gasteiger partial charge in [-0.2, -0.15) is 0 Å². The molecule has 16 nitrogen and oxygen atoms in total. The summed E-state index contributed by atoms with van der Waals surface area (Å²) in [5.74, 6) is -6.41. The van der Waals surface area contributed by atoms with Gasteiger partial charge in [-0.1, -0.05) is 13.2 Å². The molecule has 0 unspecified atom stereocenters. The molecule has 0 spiro atoms. The van der Waals surface area contributed by atoms with Gasteiger partial charge in [0.05, 0.1) is 11.1 Å². The maximum absolute atomic E-state index is 12.7. The van der Waals surface area contributed by atoms with Crippen molar-refractivity contribution in [2.24, 2.45) is 0 Å². The minimum atomic E-state index is -0.963. The fourth-order valence-electron chi connectivity index (χ4n) is 3.52. The lowest BCUT2D eigenvalue weighted by molar-refractivity contribution is -0.162. The fraction of sp³-hybridized carbons (Fsp3) is 0.0811. The lowest BCUT2D eigenvalue weighted by Crippen LogP contribution is -2.11. The Bertz CT molecular complexity index is 1950. The van der Waals surface area contributed by atoms with Crippen LogP contribution in [0.1, 0.15) is 26.3 Å². The van der Waals surface area contributed by atoms with Gasteiger partial charge in [-0.25, -0.2) is 38.4 Å². The van der Waals surface area contributed by atoms with Gasteiger partial charge in [-0.15, -0.1) is 0 Å². The highest BCUT2D eigenvalue weighted by molar-refractivity contribution is 5.95. The number of hydrogen-bond acceptors (Lipinski definition) is 16. The fourth-order valence-corrected chi connectivity index (χ4v) is 3.52. The molecule has 0 atom stereocenters. The molecule has 16 heteroatoms. The van der Waals surface area contributed by atoms with Gasteiger partial charge in [-0.05, 0) is 79.2 Å². The minimum absolute atomic E-state index is 0.0569. The second kappa shape index (κ2) is 20.1. The number of hydrogen-bond donors (Lipinski definition) is 0. The molecule has 0 bridgehead atoms. The van der Waals surface area contributed by atoms with Crippen molar-refractivity contribution in [2.75, 3.05) is 13.6 Å². The van der Waals surface area contributed by atoms with Gasteiger partial charge in [0.25, 0.3) is 0 Å². The molecule has 0 saturated carbocycles. The highest BCUT2D eigenvalue weighted by Gasteiger charge is 2.15. The Labute approximate surface area is 300 Å². The topological polar surface area (TPSA) is 210 Å². The van der Waals surface area contributed by atoms with E-state index in [9.17, 15) is 38.4 Å². The number of aryl methyl sites for hydroxylation is 1. The monoisotopic (exact) mass is 728 g/mol. The molecule has 0 aliphatic carbocycles. The molecule has 0 radical (unpaired) electrons. The first-order valence-electron chi connectivity index (χ1n) is 14.8. The average molecular weight is 729 g/mol. The highest BCUT2D eigenvalue weighted by Crippen LogP contribution is 2.26. The smallest absolute Gasteiger partial charge is 0.343 e. The zero-order valence-corrected chi connectivity index (χ0v) is 27.7. The molecule has 0 aliphatic heterocycles. The summed E-state index contributed by atoms with van der Waals surface area (Å²) in [5, 5.41) is 0. The molecule has 272 valence electrons. The van der Waals surface area contributed by atoms with Crippen molar-refractivity contribution in [3.63, 3.8) is 0 Å². The Hall–Kier alpha value is -7.62. The van der Waals surface area contributed by atoms with Gasteiger partial charge in [0.2, 0.25) is 13.6 Å². The first kappa shape index (κ1) is 39.8. The molecular weight excluding hydrogens is 700 g/mol. The lowest BCUT2D eigenvalue weighted by Gasteiger charge is -2.10. The summed E-state index contributed by atoms with van der Waals surface area (Å²) in [5.41, 5.74) is 0.683. The molecule has 0 amide bonds. The molecule has 0 aliphatic rings. The summed E-state index contributed by atoms with van der Waals surface area (Å²) in [4.78, 5) is 94.2. The van der Waals surface area contributed by atoms with Gasteiger partial charge in [0, 0.05) is 36.5 Å². The summed E-state index contributed by atoms with van der Waals surface area (Å²) in [6.07, 6.45) is 4.89. The largest absolute Gasteiger partial charge is 0.425 e. The van der Waals surface area contributed by atoms with Crippen LogP contribution in [-0.4, -0.2) is 61.3 Å². The number of esters is 8. The standard InChI is InChI=1S/C37H28O16/c1-4-30(38)46-21-48-32(40)16-18-34(42)50-26-10-6-24(7-11-26)36(44)52-28-14-15-29(23(3)20-28)53-37(45)25-8-12-27(13-9-25)51-35(43)19-17-33(41)49-22-47-31(39)5-2/h4-20H,1-2,21-22H2,3H3/b18-16+,19-17+. The van der Waals surface area contributed by atoms with Crippen LogP contribution in [0, 0.1) is 6.92 Å². The summed E-state index contributed by atoms with van der Waals surface area (Å²) in [6, 6.07) is 15.0. The van der Waals surface area contributed by atoms with Crippen molar-refractivity contribution in [3.8, 4) is 23.0 Å². The van der Waals surface area contributed by atoms with Crippen molar-refractivity contribution < 1.29 is 76.3 Å². The molecular formula is C37H28O16. The van der Waals surface area contributed by atoms with E-state index < -0.39 is 61.3 Å². The summed E-state index contributed by atoms with van der Waals surface area (Å²) in [7, 11) is 0. The first-order valence-corrected chi connectivity index (χ1v) is 14.8. The van der Waals surface area contributed by atoms with E-state index in [1.54, 1.807) is 6.92 Å². The molecule has 53 heavy (non-hydrogen) atoms. The van der Waals surface area contributed by atoms with Crippen LogP contribution in [0.15, 0.2) is 116 Å². The van der Waals surface area contributed by atoms with Crippen LogP contribution in [0.5, 0.6) is 23.0 Å². The predicted octanol–water partition coefficient (Wildman–Crippen LogP) is 3.82. The van der Waals surface area contributed by atoms with Gasteiger partial charge in [0.1, 0.15) is 23.0 Å². The Morgan fingerprint density at radius 3 is 1.26 bits per heavy atom. The van der Waals surface area contributed by atoms with E-state index in [1.807, 2.05) is 0 Å². The average Bonchev–Trinajstić information content (AvgIpc) is 3.14. The van der Waals surface area contributed by atoms with Crippen LogP contribution in [0.4, 0.5) is 0 Å². The lowest BCUT2D eigenvalue weighted by atomic mass is 10.2. The van der Waals surface area contributed by atoms with E-state index in [0.29, 0.717) is 5.56 Å². The minimum Gasteiger partial charge on any atom is -0.425 e. The second-order valence-corrected chi connectivity index (χ2v) is 9.76. The maximum atomic E-state index is 12.7. The van der Waals surface area contributed by atoms with Gasteiger partial charge in [0.15, 0.2) is 0 Å². The van der Waals surface area contributed by atoms with Crippen LogP contribution in [0.2, 0.25) is 0 Å². The number of carbonyl (C=O) groups excluding carboxylic acids is 8. The third-order valence-electron chi connectivity index (χ3n) is 6.03. The van der Waals surface area contributed by atoms with E-state index in [1.165, 1.54) is 66.7 Å². The Morgan fingerprint density at radius 2 is 0.849 bits per heavy atom. The number of benzene rings is 3. The van der Waals surface area contributed by atoms with E-state index >= 15 is 0 Å². The SMILES string of the molecule is C=CC(=O)OCOC(=O)/C=C/C(=O)Oc1ccc(C(=O)Oc2ccc(OC(=O)c3ccc(OC(=O)/C=C/C(=O)OCOC(=O)C=C)cc3)c(C)c2)cc1. The van der Waals surface area contributed by atoms with Crippen molar-refractivity contribution in [2.45, 2.75) is 6.92 Å². The van der Waals surface area contributed by atoms with E-state index in [0.717, 1.165) is 36.5 Å². The first-order chi connectivity index (χ1) is 25.4. The highest BCUT2D eigenvalue weighted by atomic mass is 16.7. The van der Waals surface area contributed by atoms with E-state index in [2.05, 4.69) is 32.1 Å². The zero-order chi connectivity index (χ0) is 38.8. The van der Waals surface area contributed by atoms with E-state index in [4.69, 9.17) is 18.9 Å². The van der Waals surface area contributed by atoms with Crippen molar-refractivity contribution in [1.82, 2.24) is 0 Å². The number of ether oxygens (including phenoxy) is 8. The van der Waals surface area contributed by atoms with E-state index in [-0.39, 0.29) is 34.1 Å². The van der Waals surface area contributed by atoms with Gasteiger partial charge >= 0.3 is 47.8 Å². The summed E-state index contributed by atoms with van der Waals surface area (Å²) < 4.78 is 39.0. The van der Waals surface area contributed by atoms with Gasteiger partial charge in [-0.3, -0.25) is 0 Å². The van der Waals surface area contributed by atoms with Crippen LogP contribution in [-0.2, 0) is 47.7 Å². The second-order valence-electron chi connectivity index (χ2n) is 9.76. The molecule has 3 aromatic rings.